The van der Waals surface area contributed by atoms with Gasteiger partial charge in [-0.15, -0.1) is 0 Å². The predicted molar refractivity (Wildman–Crippen MR) is 73.5 cm³/mol. The second-order valence-electron chi connectivity index (χ2n) is 3.75. The van der Waals surface area contributed by atoms with E-state index >= 15 is 0 Å². The maximum atomic E-state index is 5.95. The Bertz CT molecular complexity index is 554. The lowest BCUT2D eigenvalue weighted by Gasteiger charge is -2.11. The van der Waals surface area contributed by atoms with Crippen molar-refractivity contribution in [1.82, 2.24) is 9.55 Å². The van der Waals surface area contributed by atoms with Crippen LogP contribution in [0.3, 0.4) is 0 Å². The number of hydrogen-bond acceptors (Lipinski definition) is 3. The van der Waals surface area contributed by atoms with Crippen LogP contribution >= 0.6 is 23.2 Å². The molecule has 0 atom stereocenters. The first-order chi connectivity index (χ1) is 8.61. The molecule has 18 heavy (non-hydrogen) atoms. The molecule has 0 saturated heterocycles. The van der Waals surface area contributed by atoms with E-state index in [9.17, 15) is 0 Å². The van der Waals surface area contributed by atoms with Crippen molar-refractivity contribution < 1.29 is 4.74 Å². The number of ether oxygens (including phenoxy) is 1. The molecule has 0 fully saturated rings. The van der Waals surface area contributed by atoms with Crippen LogP contribution in [0.5, 0.6) is 5.75 Å². The van der Waals surface area contributed by atoms with Crippen LogP contribution in [0.4, 0.5) is 5.69 Å². The quantitative estimate of drug-likeness (QED) is 0.936. The summed E-state index contributed by atoms with van der Waals surface area (Å²) in [4.78, 5) is 4.20. The van der Waals surface area contributed by atoms with Crippen LogP contribution in [0.2, 0.25) is 10.2 Å². The third-order valence-electron chi connectivity index (χ3n) is 2.63. The van der Waals surface area contributed by atoms with Crippen molar-refractivity contribution in [2.75, 3.05) is 12.4 Å². The van der Waals surface area contributed by atoms with Crippen molar-refractivity contribution in [3.8, 4) is 5.75 Å². The lowest BCUT2D eigenvalue weighted by atomic mass is 10.3. The van der Waals surface area contributed by atoms with Gasteiger partial charge >= 0.3 is 0 Å². The highest BCUT2D eigenvalue weighted by Crippen LogP contribution is 2.28. The predicted octanol–water partition coefficient (Wildman–Crippen LogP) is 3.35. The average Bonchev–Trinajstić information content (AvgIpc) is 2.68. The van der Waals surface area contributed by atoms with Gasteiger partial charge in [0.2, 0.25) is 0 Å². The third-order valence-corrected chi connectivity index (χ3v) is 3.21. The summed E-state index contributed by atoms with van der Waals surface area (Å²) in [6.07, 6.45) is 1.62. The minimum atomic E-state index is 0.542. The molecule has 1 heterocycles. The molecule has 0 unspecified atom stereocenters. The smallest absolute Gasteiger partial charge is 0.142 e. The normalized spacial score (nSPS) is 10.4. The van der Waals surface area contributed by atoms with E-state index in [1.807, 2.05) is 23.7 Å². The highest BCUT2D eigenvalue weighted by Gasteiger charge is 2.07. The highest BCUT2D eigenvalue weighted by atomic mass is 35.5. The first-order valence-corrected chi connectivity index (χ1v) is 6.11. The molecule has 0 amide bonds. The van der Waals surface area contributed by atoms with Crippen molar-refractivity contribution in [1.29, 1.82) is 0 Å². The molecule has 0 aliphatic carbocycles. The van der Waals surface area contributed by atoms with Crippen molar-refractivity contribution in [3.05, 3.63) is 40.4 Å². The molecule has 0 radical (unpaired) electrons. The second kappa shape index (κ2) is 5.50. The molecule has 1 aromatic carbocycles. The summed E-state index contributed by atoms with van der Waals surface area (Å²) in [6, 6.07) is 5.41. The zero-order valence-electron chi connectivity index (χ0n) is 10.1. The van der Waals surface area contributed by atoms with Crippen molar-refractivity contribution in [3.63, 3.8) is 0 Å². The molecule has 0 bridgehead atoms. The van der Waals surface area contributed by atoms with E-state index in [4.69, 9.17) is 27.9 Å². The van der Waals surface area contributed by atoms with Gasteiger partial charge in [-0.25, -0.2) is 4.98 Å². The molecule has 2 rings (SSSR count). The topological polar surface area (TPSA) is 39.1 Å². The van der Waals surface area contributed by atoms with Crippen LogP contribution in [0.15, 0.2) is 24.4 Å². The van der Waals surface area contributed by atoms with E-state index in [2.05, 4.69) is 10.3 Å². The number of imidazole rings is 1. The van der Waals surface area contributed by atoms with Gasteiger partial charge in [0.1, 0.15) is 16.7 Å². The number of anilines is 1. The zero-order valence-corrected chi connectivity index (χ0v) is 11.6. The van der Waals surface area contributed by atoms with Crippen LogP contribution in [0, 0.1) is 0 Å². The molecule has 0 aliphatic heterocycles. The first-order valence-electron chi connectivity index (χ1n) is 5.35. The summed E-state index contributed by atoms with van der Waals surface area (Å²) in [5.41, 5.74) is 0.823. The number of aromatic nitrogens is 2. The fourth-order valence-corrected chi connectivity index (χ4v) is 1.90. The van der Waals surface area contributed by atoms with Crippen molar-refractivity contribution >= 4 is 28.9 Å². The Balaban J connectivity index is 2.15. The molecule has 1 aromatic heterocycles. The lowest BCUT2D eigenvalue weighted by Crippen LogP contribution is -2.07. The highest BCUT2D eigenvalue weighted by molar-refractivity contribution is 6.31. The van der Waals surface area contributed by atoms with Crippen molar-refractivity contribution in [2.24, 2.45) is 7.05 Å². The minimum Gasteiger partial charge on any atom is -0.495 e. The molecule has 1 N–H and O–H groups in total. The molecule has 0 aliphatic rings. The number of benzene rings is 1. The van der Waals surface area contributed by atoms with Gasteiger partial charge in [-0.1, -0.05) is 23.2 Å². The third kappa shape index (κ3) is 2.71. The van der Waals surface area contributed by atoms with Gasteiger partial charge in [-0.2, -0.15) is 0 Å². The Morgan fingerprint density at radius 1 is 1.39 bits per heavy atom. The molecule has 96 valence electrons. The summed E-state index contributed by atoms with van der Waals surface area (Å²) in [7, 11) is 3.48. The summed E-state index contributed by atoms with van der Waals surface area (Å²) in [5.74, 6) is 1.57. The van der Waals surface area contributed by atoms with E-state index in [1.165, 1.54) is 0 Å². The van der Waals surface area contributed by atoms with E-state index in [-0.39, 0.29) is 0 Å². The molecule has 0 spiro atoms. The molecule has 0 saturated carbocycles. The van der Waals surface area contributed by atoms with Gasteiger partial charge in [0, 0.05) is 12.1 Å². The van der Waals surface area contributed by atoms with E-state index < -0.39 is 0 Å². The fraction of sp³-hybridized carbons (Fsp3) is 0.250. The Morgan fingerprint density at radius 3 is 2.78 bits per heavy atom. The summed E-state index contributed by atoms with van der Waals surface area (Å²) in [5, 5.41) is 4.47. The van der Waals surface area contributed by atoms with Gasteiger partial charge in [0.15, 0.2) is 0 Å². The largest absolute Gasteiger partial charge is 0.495 e. The van der Waals surface area contributed by atoms with Gasteiger partial charge in [0.25, 0.3) is 0 Å². The number of nitrogens with zero attached hydrogens (tertiary/aromatic N) is 2. The summed E-state index contributed by atoms with van der Waals surface area (Å²) >= 11 is 11.9. The first kappa shape index (κ1) is 13.1. The van der Waals surface area contributed by atoms with Crippen LogP contribution in [-0.4, -0.2) is 16.7 Å². The molecule has 2 aromatic rings. The number of nitrogens with one attached hydrogen (secondary N) is 1. The molecular weight excluding hydrogens is 273 g/mol. The van der Waals surface area contributed by atoms with Gasteiger partial charge < -0.3 is 14.6 Å². The van der Waals surface area contributed by atoms with Crippen LogP contribution in [-0.2, 0) is 13.6 Å². The summed E-state index contributed by atoms with van der Waals surface area (Å²) < 4.78 is 7.06. The maximum absolute atomic E-state index is 5.95. The van der Waals surface area contributed by atoms with Gasteiger partial charge in [-0.3, -0.25) is 0 Å². The Hall–Kier alpha value is -1.39. The van der Waals surface area contributed by atoms with Gasteiger partial charge in [0.05, 0.1) is 25.5 Å². The lowest BCUT2D eigenvalue weighted by molar-refractivity contribution is 0.416. The Kier molecular flexibility index (Phi) is 3.99. The van der Waals surface area contributed by atoms with Crippen molar-refractivity contribution in [2.45, 2.75) is 6.54 Å². The SMILES string of the molecule is COc1ccc(Cl)cc1NCc1ncc(Cl)n1C. The summed E-state index contributed by atoms with van der Waals surface area (Å²) in [6.45, 7) is 0.542. The number of hydrogen-bond donors (Lipinski definition) is 1. The van der Waals surface area contributed by atoms with Crippen LogP contribution in [0.1, 0.15) is 5.82 Å². The van der Waals surface area contributed by atoms with E-state index in [1.54, 1.807) is 19.4 Å². The standard InChI is InChI=1S/C12H13Cl2N3O/c1-17-11(14)6-16-12(17)7-15-9-5-8(13)3-4-10(9)18-2/h3-6,15H,7H2,1-2H3. The maximum Gasteiger partial charge on any atom is 0.142 e. The zero-order chi connectivity index (χ0) is 13.1. The fourth-order valence-electron chi connectivity index (χ4n) is 1.58. The van der Waals surface area contributed by atoms with E-state index in [0.717, 1.165) is 17.3 Å². The minimum absolute atomic E-state index is 0.542. The van der Waals surface area contributed by atoms with E-state index in [0.29, 0.717) is 16.7 Å². The number of halogens is 2. The van der Waals surface area contributed by atoms with Gasteiger partial charge in [-0.05, 0) is 18.2 Å². The molecular formula is C12H13Cl2N3O. The molecule has 4 nitrogen and oxygen atoms in total. The molecule has 6 heteroatoms. The average molecular weight is 286 g/mol. The second-order valence-corrected chi connectivity index (χ2v) is 4.58. The van der Waals surface area contributed by atoms with Crippen LogP contribution in [0.25, 0.3) is 0 Å². The van der Waals surface area contributed by atoms with Crippen LogP contribution < -0.4 is 10.1 Å². The number of methoxy groups -OCH3 is 1. The Morgan fingerprint density at radius 2 is 2.17 bits per heavy atom. The Labute approximate surface area is 115 Å². The number of rotatable bonds is 4. The monoisotopic (exact) mass is 285 g/mol.